The maximum absolute atomic E-state index is 5.28. The zero-order valence-electron chi connectivity index (χ0n) is 5.78. The summed E-state index contributed by atoms with van der Waals surface area (Å²) in [5.41, 5.74) is 6.70. The van der Waals surface area contributed by atoms with Crippen molar-refractivity contribution in [3.8, 4) is 0 Å². The molecule has 0 radical (unpaired) electrons. The van der Waals surface area contributed by atoms with Gasteiger partial charge in [-0.15, -0.1) is 0 Å². The average Bonchev–Trinajstić information content (AvgIpc) is 1.68. The van der Waals surface area contributed by atoms with Crippen molar-refractivity contribution in [2.45, 2.75) is 26.7 Å². The van der Waals surface area contributed by atoms with E-state index in [2.05, 4.69) is 19.9 Å². The van der Waals surface area contributed by atoms with Crippen LogP contribution in [0.4, 0.5) is 0 Å². The summed E-state index contributed by atoms with van der Waals surface area (Å²) >= 11 is 0. The van der Waals surface area contributed by atoms with Gasteiger partial charge in [0.25, 0.3) is 0 Å². The fraction of sp³-hybridized carbons (Fsp3) is 0.714. The van der Waals surface area contributed by atoms with Gasteiger partial charge in [-0.3, -0.25) is 0 Å². The van der Waals surface area contributed by atoms with Crippen LogP contribution in [0.3, 0.4) is 0 Å². The van der Waals surface area contributed by atoms with Crippen LogP contribution in [0.25, 0.3) is 0 Å². The van der Waals surface area contributed by atoms with Gasteiger partial charge < -0.3 is 5.73 Å². The molecule has 2 N–H and O–H groups in total. The molecule has 0 aromatic heterocycles. The quantitative estimate of drug-likeness (QED) is 0.554. The van der Waals surface area contributed by atoms with E-state index in [1.165, 1.54) is 18.4 Å². The van der Waals surface area contributed by atoms with Gasteiger partial charge in [-0.2, -0.15) is 0 Å². The van der Waals surface area contributed by atoms with E-state index in [0.717, 1.165) is 0 Å². The SMILES string of the molecule is CCC/C(C)=C\CN. The minimum atomic E-state index is 0.686. The fourth-order valence-corrected chi connectivity index (χ4v) is 0.698. The fourth-order valence-electron chi connectivity index (χ4n) is 0.698. The first-order valence-electron chi connectivity index (χ1n) is 3.17. The highest BCUT2D eigenvalue weighted by molar-refractivity contribution is 4.97. The second-order valence-electron chi connectivity index (χ2n) is 2.04. The second-order valence-corrected chi connectivity index (χ2v) is 2.04. The summed E-state index contributed by atoms with van der Waals surface area (Å²) in [6.07, 6.45) is 4.49. The van der Waals surface area contributed by atoms with Crippen molar-refractivity contribution in [1.29, 1.82) is 0 Å². The highest BCUT2D eigenvalue weighted by atomic mass is 14.5. The lowest BCUT2D eigenvalue weighted by atomic mass is 10.2. The van der Waals surface area contributed by atoms with Gasteiger partial charge in [-0.1, -0.05) is 25.0 Å². The highest BCUT2D eigenvalue weighted by Gasteiger charge is 1.82. The predicted octanol–water partition coefficient (Wildman–Crippen LogP) is 1.69. The monoisotopic (exact) mass is 113 g/mol. The van der Waals surface area contributed by atoms with E-state index in [9.17, 15) is 0 Å². The summed E-state index contributed by atoms with van der Waals surface area (Å²) in [5.74, 6) is 0. The molecule has 0 aliphatic carbocycles. The van der Waals surface area contributed by atoms with Crippen LogP contribution < -0.4 is 5.73 Å². The molecule has 0 fully saturated rings. The van der Waals surface area contributed by atoms with Crippen molar-refractivity contribution in [1.82, 2.24) is 0 Å². The van der Waals surface area contributed by atoms with Crippen molar-refractivity contribution < 1.29 is 0 Å². The Morgan fingerprint density at radius 3 is 2.62 bits per heavy atom. The summed E-state index contributed by atoms with van der Waals surface area (Å²) in [5, 5.41) is 0. The minimum absolute atomic E-state index is 0.686. The van der Waals surface area contributed by atoms with Gasteiger partial charge >= 0.3 is 0 Å². The molecule has 0 rings (SSSR count). The molecule has 0 saturated carbocycles. The molecule has 0 heterocycles. The summed E-state index contributed by atoms with van der Waals surface area (Å²) in [4.78, 5) is 0. The Balaban J connectivity index is 3.29. The van der Waals surface area contributed by atoms with Gasteiger partial charge in [-0.05, 0) is 13.3 Å². The maximum atomic E-state index is 5.28. The third-order valence-corrected chi connectivity index (χ3v) is 1.11. The van der Waals surface area contributed by atoms with Crippen LogP contribution in [-0.2, 0) is 0 Å². The molecule has 0 bridgehead atoms. The molecule has 0 aliphatic rings. The Bertz CT molecular complexity index is 74.5. The maximum Gasteiger partial charge on any atom is 0.0109 e. The Morgan fingerprint density at radius 1 is 1.62 bits per heavy atom. The van der Waals surface area contributed by atoms with Crippen LogP contribution in [0, 0.1) is 0 Å². The number of hydrogen-bond donors (Lipinski definition) is 1. The standard InChI is InChI=1S/C7H15N/c1-3-4-7(2)5-6-8/h5H,3-4,6,8H2,1-2H3/b7-5-. The molecule has 0 aliphatic heterocycles. The number of nitrogens with two attached hydrogens (primary N) is 1. The summed E-state index contributed by atoms with van der Waals surface area (Å²) in [6.45, 7) is 4.98. The first-order valence-corrected chi connectivity index (χ1v) is 3.17. The lowest BCUT2D eigenvalue weighted by molar-refractivity contribution is 0.899. The molecular weight excluding hydrogens is 98.1 g/mol. The van der Waals surface area contributed by atoms with E-state index in [1.54, 1.807) is 0 Å². The molecule has 0 aromatic rings. The van der Waals surface area contributed by atoms with Crippen LogP contribution in [0.5, 0.6) is 0 Å². The summed E-state index contributed by atoms with van der Waals surface area (Å²) in [7, 11) is 0. The minimum Gasteiger partial charge on any atom is -0.327 e. The van der Waals surface area contributed by atoms with Crippen molar-refractivity contribution in [2.75, 3.05) is 6.54 Å². The van der Waals surface area contributed by atoms with E-state index in [0.29, 0.717) is 6.54 Å². The molecule has 0 saturated heterocycles. The Hall–Kier alpha value is -0.300. The van der Waals surface area contributed by atoms with Crippen LogP contribution in [0.2, 0.25) is 0 Å². The predicted molar refractivity (Wildman–Crippen MR) is 37.7 cm³/mol. The Labute approximate surface area is 51.6 Å². The lowest BCUT2D eigenvalue weighted by Gasteiger charge is -1.93. The van der Waals surface area contributed by atoms with E-state index in [-0.39, 0.29) is 0 Å². The van der Waals surface area contributed by atoms with Crippen molar-refractivity contribution in [3.63, 3.8) is 0 Å². The molecular formula is C7H15N. The van der Waals surface area contributed by atoms with Crippen molar-refractivity contribution in [3.05, 3.63) is 11.6 Å². The summed E-state index contributed by atoms with van der Waals surface area (Å²) < 4.78 is 0. The Kier molecular flexibility index (Phi) is 4.67. The highest BCUT2D eigenvalue weighted by Crippen LogP contribution is 2.00. The molecule has 0 amide bonds. The molecule has 1 nitrogen and oxygen atoms in total. The smallest absolute Gasteiger partial charge is 0.0109 e. The van der Waals surface area contributed by atoms with E-state index in [1.807, 2.05) is 0 Å². The van der Waals surface area contributed by atoms with Gasteiger partial charge in [0.15, 0.2) is 0 Å². The normalized spacial score (nSPS) is 12.1. The topological polar surface area (TPSA) is 26.0 Å². The van der Waals surface area contributed by atoms with E-state index < -0.39 is 0 Å². The number of rotatable bonds is 3. The van der Waals surface area contributed by atoms with E-state index >= 15 is 0 Å². The first-order chi connectivity index (χ1) is 3.81. The van der Waals surface area contributed by atoms with Crippen LogP contribution in [-0.4, -0.2) is 6.54 Å². The van der Waals surface area contributed by atoms with Gasteiger partial charge in [-0.25, -0.2) is 0 Å². The first kappa shape index (κ1) is 7.70. The Morgan fingerprint density at radius 2 is 2.25 bits per heavy atom. The molecule has 8 heavy (non-hydrogen) atoms. The summed E-state index contributed by atoms with van der Waals surface area (Å²) in [6, 6.07) is 0. The van der Waals surface area contributed by atoms with Gasteiger partial charge in [0.1, 0.15) is 0 Å². The van der Waals surface area contributed by atoms with E-state index in [4.69, 9.17) is 5.73 Å². The van der Waals surface area contributed by atoms with Crippen LogP contribution in [0.1, 0.15) is 26.7 Å². The largest absolute Gasteiger partial charge is 0.327 e. The molecule has 48 valence electrons. The third-order valence-electron chi connectivity index (χ3n) is 1.11. The molecule has 0 atom stereocenters. The number of allylic oxidation sites excluding steroid dienone is 1. The zero-order valence-corrected chi connectivity index (χ0v) is 5.78. The van der Waals surface area contributed by atoms with Crippen LogP contribution >= 0.6 is 0 Å². The molecule has 1 heteroatoms. The number of hydrogen-bond acceptors (Lipinski definition) is 1. The molecule has 0 spiro atoms. The van der Waals surface area contributed by atoms with Crippen molar-refractivity contribution >= 4 is 0 Å². The average molecular weight is 113 g/mol. The van der Waals surface area contributed by atoms with Crippen LogP contribution in [0.15, 0.2) is 11.6 Å². The lowest BCUT2D eigenvalue weighted by Crippen LogP contribution is -1.94. The van der Waals surface area contributed by atoms with Gasteiger partial charge in [0.2, 0.25) is 0 Å². The second kappa shape index (κ2) is 4.85. The molecule has 0 unspecified atom stereocenters. The molecule has 0 aromatic carbocycles. The van der Waals surface area contributed by atoms with Gasteiger partial charge in [0, 0.05) is 6.54 Å². The van der Waals surface area contributed by atoms with Crippen molar-refractivity contribution in [2.24, 2.45) is 5.73 Å². The third kappa shape index (κ3) is 3.88. The van der Waals surface area contributed by atoms with Gasteiger partial charge in [0.05, 0.1) is 0 Å². The zero-order chi connectivity index (χ0) is 6.41.